The lowest BCUT2D eigenvalue weighted by atomic mass is 9.69. The van der Waals surface area contributed by atoms with Gasteiger partial charge in [0.05, 0.1) is 5.60 Å². The third kappa shape index (κ3) is 3.61. The van der Waals surface area contributed by atoms with Gasteiger partial charge in [-0.05, 0) is 24.2 Å². The zero-order valence-corrected chi connectivity index (χ0v) is 10.9. The lowest BCUT2D eigenvalue weighted by Crippen LogP contribution is -2.44. The summed E-state index contributed by atoms with van der Waals surface area (Å²) in [5.41, 5.74) is -0.496. The van der Waals surface area contributed by atoms with Crippen molar-refractivity contribution in [1.82, 2.24) is 0 Å². The number of hydrogen-bond acceptors (Lipinski definition) is 1. The molecule has 0 fully saturated rings. The molecule has 0 heterocycles. The molecule has 0 rings (SSSR count). The summed E-state index contributed by atoms with van der Waals surface area (Å²) >= 11 is 0. The van der Waals surface area contributed by atoms with Gasteiger partial charge in [-0.25, -0.2) is 0 Å². The minimum Gasteiger partial charge on any atom is -0.389 e. The third-order valence-corrected chi connectivity index (χ3v) is 3.44. The molecule has 0 radical (unpaired) electrons. The van der Waals surface area contributed by atoms with E-state index in [2.05, 4.69) is 41.5 Å². The van der Waals surface area contributed by atoms with Crippen LogP contribution < -0.4 is 0 Å². The monoisotopic (exact) mass is 200 g/mol. The highest BCUT2D eigenvalue weighted by Gasteiger charge is 2.39. The highest BCUT2D eigenvalue weighted by atomic mass is 16.3. The van der Waals surface area contributed by atoms with E-state index in [1.54, 1.807) is 0 Å². The zero-order chi connectivity index (χ0) is 11.4. The Labute approximate surface area is 89.9 Å². The van der Waals surface area contributed by atoms with Crippen LogP contribution in [-0.4, -0.2) is 10.7 Å². The van der Waals surface area contributed by atoms with E-state index in [0.717, 1.165) is 25.7 Å². The van der Waals surface area contributed by atoms with E-state index < -0.39 is 5.60 Å². The Balaban J connectivity index is 4.55. The summed E-state index contributed by atoms with van der Waals surface area (Å²) in [6, 6.07) is 0. The van der Waals surface area contributed by atoms with Crippen molar-refractivity contribution in [2.75, 3.05) is 0 Å². The minimum absolute atomic E-state index is 0.00750. The van der Waals surface area contributed by atoms with Gasteiger partial charge in [0.2, 0.25) is 0 Å². The average Bonchev–Trinajstić information content (AvgIpc) is 2.02. The molecule has 0 aliphatic rings. The van der Waals surface area contributed by atoms with Gasteiger partial charge in [0, 0.05) is 0 Å². The molecule has 2 unspecified atom stereocenters. The molecule has 1 N–H and O–H groups in total. The molecule has 0 aliphatic heterocycles. The van der Waals surface area contributed by atoms with Crippen LogP contribution in [0.25, 0.3) is 0 Å². The standard InChI is InChI=1S/C13H28O/c1-7-9-13(14,12(4,5)6)10-11(3)8-2/h11,14H,7-10H2,1-6H3. The van der Waals surface area contributed by atoms with Crippen molar-refractivity contribution in [3.8, 4) is 0 Å². The second-order valence-electron chi connectivity index (χ2n) is 5.75. The van der Waals surface area contributed by atoms with Crippen LogP contribution in [0.2, 0.25) is 0 Å². The molecular formula is C13H28O. The van der Waals surface area contributed by atoms with Crippen LogP contribution in [0.5, 0.6) is 0 Å². The van der Waals surface area contributed by atoms with Crippen molar-refractivity contribution in [3.05, 3.63) is 0 Å². The van der Waals surface area contributed by atoms with Crippen molar-refractivity contribution < 1.29 is 5.11 Å². The number of aliphatic hydroxyl groups is 1. The van der Waals surface area contributed by atoms with Gasteiger partial charge >= 0.3 is 0 Å². The van der Waals surface area contributed by atoms with E-state index in [1.807, 2.05) is 0 Å². The molecule has 0 saturated heterocycles. The van der Waals surface area contributed by atoms with Crippen LogP contribution in [0.3, 0.4) is 0 Å². The van der Waals surface area contributed by atoms with E-state index in [0.29, 0.717) is 5.92 Å². The molecule has 86 valence electrons. The molecular weight excluding hydrogens is 172 g/mol. The molecule has 0 amide bonds. The van der Waals surface area contributed by atoms with Gasteiger partial charge in [-0.2, -0.15) is 0 Å². The molecule has 1 heteroatoms. The first-order chi connectivity index (χ1) is 6.27. The van der Waals surface area contributed by atoms with E-state index in [4.69, 9.17) is 0 Å². The van der Waals surface area contributed by atoms with Crippen LogP contribution in [-0.2, 0) is 0 Å². The summed E-state index contributed by atoms with van der Waals surface area (Å²) in [5.74, 6) is 0.616. The first-order valence-electron chi connectivity index (χ1n) is 5.99. The molecule has 0 saturated carbocycles. The number of rotatable bonds is 5. The van der Waals surface area contributed by atoms with Crippen molar-refractivity contribution in [1.29, 1.82) is 0 Å². The van der Waals surface area contributed by atoms with Gasteiger partial charge < -0.3 is 5.11 Å². The van der Waals surface area contributed by atoms with Gasteiger partial charge in [0.15, 0.2) is 0 Å². The Kier molecular flexibility index (Phi) is 5.14. The smallest absolute Gasteiger partial charge is 0.0698 e. The van der Waals surface area contributed by atoms with E-state index in [-0.39, 0.29) is 5.41 Å². The average molecular weight is 200 g/mol. The summed E-state index contributed by atoms with van der Waals surface area (Å²) in [6.45, 7) is 13.0. The maximum absolute atomic E-state index is 10.6. The van der Waals surface area contributed by atoms with Crippen LogP contribution in [0.4, 0.5) is 0 Å². The van der Waals surface area contributed by atoms with Crippen LogP contribution in [0, 0.1) is 11.3 Å². The van der Waals surface area contributed by atoms with E-state index in [1.165, 1.54) is 0 Å². The summed E-state index contributed by atoms with van der Waals surface area (Å²) in [5, 5.41) is 10.6. The van der Waals surface area contributed by atoms with Gasteiger partial charge in [0.1, 0.15) is 0 Å². The maximum atomic E-state index is 10.6. The molecule has 1 nitrogen and oxygen atoms in total. The van der Waals surface area contributed by atoms with Crippen LogP contribution >= 0.6 is 0 Å². The summed E-state index contributed by atoms with van der Waals surface area (Å²) in [6.07, 6.45) is 4.06. The highest BCUT2D eigenvalue weighted by molar-refractivity contribution is 4.91. The molecule has 0 aromatic heterocycles. The predicted octanol–water partition coefficient (Wildman–Crippen LogP) is 4.00. The molecule has 14 heavy (non-hydrogen) atoms. The van der Waals surface area contributed by atoms with Gasteiger partial charge in [-0.15, -0.1) is 0 Å². The fraction of sp³-hybridized carbons (Fsp3) is 1.00. The maximum Gasteiger partial charge on any atom is 0.0698 e. The Morgan fingerprint density at radius 1 is 1.14 bits per heavy atom. The Hall–Kier alpha value is -0.0400. The first-order valence-corrected chi connectivity index (χ1v) is 5.99. The molecule has 0 aromatic rings. The van der Waals surface area contributed by atoms with Crippen molar-refractivity contribution in [3.63, 3.8) is 0 Å². The second kappa shape index (κ2) is 5.16. The zero-order valence-electron chi connectivity index (χ0n) is 10.9. The van der Waals surface area contributed by atoms with Crippen LogP contribution in [0.15, 0.2) is 0 Å². The Morgan fingerprint density at radius 2 is 1.64 bits per heavy atom. The Bertz CT molecular complexity index is 157. The summed E-state index contributed by atoms with van der Waals surface area (Å²) in [4.78, 5) is 0. The van der Waals surface area contributed by atoms with Gasteiger partial charge in [-0.1, -0.05) is 54.4 Å². The number of hydrogen-bond donors (Lipinski definition) is 1. The van der Waals surface area contributed by atoms with Crippen molar-refractivity contribution >= 4 is 0 Å². The summed E-state index contributed by atoms with van der Waals surface area (Å²) in [7, 11) is 0. The van der Waals surface area contributed by atoms with Gasteiger partial charge in [-0.3, -0.25) is 0 Å². The molecule has 0 aliphatic carbocycles. The Morgan fingerprint density at radius 3 is 1.93 bits per heavy atom. The third-order valence-electron chi connectivity index (χ3n) is 3.44. The highest BCUT2D eigenvalue weighted by Crippen LogP contribution is 2.39. The fourth-order valence-corrected chi connectivity index (χ4v) is 1.92. The lowest BCUT2D eigenvalue weighted by molar-refractivity contribution is -0.0813. The molecule has 2 atom stereocenters. The van der Waals surface area contributed by atoms with Crippen LogP contribution in [0.1, 0.15) is 67.2 Å². The van der Waals surface area contributed by atoms with E-state index in [9.17, 15) is 5.11 Å². The SMILES string of the molecule is CCCC(O)(CC(C)CC)C(C)(C)C. The predicted molar refractivity (Wildman–Crippen MR) is 63.4 cm³/mol. The quantitative estimate of drug-likeness (QED) is 0.711. The summed E-state index contributed by atoms with van der Waals surface area (Å²) < 4.78 is 0. The topological polar surface area (TPSA) is 20.2 Å². The molecule has 0 bridgehead atoms. The van der Waals surface area contributed by atoms with Gasteiger partial charge in [0.25, 0.3) is 0 Å². The molecule has 0 spiro atoms. The largest absolute Gasteiger partial charge is 0.389 e. The first kappa shape index (κ1) is 14.0. The van der Waals surface area contributed by atoms with Crippen molar-refractivity contribution in [2.45, 2.75) is 72.8 Å². The van der Waals surface area contributed by atoms with E-state index >= 15 is 0 Å². The molecule has 0 aromatic carbocycles. The minimum atomic E-state index is -0.489. The lowest BCUT2D eigenvalue weighted by Gasteiger charge is -2.42. The second-order valence-corrected chi connectivity index (χ2v) is 5.75. The fourth-order valence-electron chi connectivity index (χ4n) is 1.92. The normalized spacial score (nSPS) is 19.1. The van der Waals surface area contributed by atoms with Crippen molar-refractivity contribution in [2.24, 2.45) is 11.3 Å².